The predicted octanol–water partition coefficient (Wildman–Crippen LogP) is 2.73. The fourth-order valence-corrected chi connectivity index (χ4v) is 2.62. The molecular formula is C16H18N2. The molecule has 18 heavy (non-hydrogen) atoms. The van der Waals surface area contributed by atoms with Crippen LogP contribution in [0.25, 0.3) is 0 Å². The fraction of sp³-hybridized carbons (Fsp3) is 0.312. The van der Waals surface area contributed by atoms with Gasteiger partial charge in [0.15, 0.2) is 0 Å². The lowest BCUT2D eigenvalue weighted by Gasteiger charge is -2.25. The number of hydrogen-bond donors (Lipinski definition) is 1. The van der Waals surface area contributed by atoms with E-state index in [1.807, 2.05) is 18.3 Å². The summed E-state index contributed by atoms with van der Waals surface area (Å²) < 4.78 is 0. The lowest BCUT2D eigenvalue weighted by molar-refractivity contribution is 0.455. The van der Waals surface area contributed by atoms with Gasteiger partial charge < -0.3 is 5.32 Å². The maximum Gasteiger partial charge on any atom is 0.0541 e. The zero-order valence-corrected chi connectivity index (χ0v) is 10.5. The number of pyridine rings is 1. The van der Waals surface area contributed by atoms with Crippen molar-refractivity contribution in [1.82, 2.24) is 10.3 Å². The second kappa shape index (κ2) is 5.32. The highest BCUT2D eigenvalue weighted by molar-refractivity contribution is 5.30. The molecular weight excluding hydrogens is 220 g/mol. The normalized spacial score (nSPS) is 18.3. The Hall–Kier alpha value is -1.67. The van der Waals surface area contributed by atoms with E-state index in [1.165, 1.54) is 24.0 Å². The second-order valence-electron chi connectivity index (χ2n) is 4.91. The summed E-state index contributed by atoms with van der Waals surface area (Å²) in [6.45, 7) is 0.869. The minimum Gasteiger partial charge on any atom is -0.308 e. The van der Waals surface area contributed by atoms with Gasteiger partial charge in [0, 0.05) is 18.8 Å². The molecule has 1 unspecified atom stereocenters. The number of hydrogen-bond acceptors (Lipinski definition) is 2. The molecule has 1 aliphatic rings. The van der Waals surface area contributed by atoms with E-state index in [9.17, 15) is 0 Å². The highest BCUT2D eigenvalue weighted by atomic mass is 14.9. The average molecular weight is 238 g/mol. The van der Waals surface area contributed by atoms with E-state index >= 15 is 0 Å². The summed E-state index contributed by atoms with van der Waals surface area (Å²) in [6.07, 6.45) is 5.41. The van der Waals surface area contributed by atoms with Gasteiger partial charge in [-0.1, -0.05) is 30.3 Å². The summed E-state index contributed by atoms with van der Waals surface area (Å²) in [5.41, 5.74) is 4.15. The highest BCUT2D eigenvalue weighted by Crippen LogP contribution is 2.21. The third kappa shape index (κ3) is 2.59. The van der Waals surface area contributed by atoms with Gasteiger partial charge in [-0.3, -0.25) is 4.98 Å². The Morgan fingerprint density at radius 3 is 2.72 bits per heavy atom. The van der Waals surface area contributed by atoms with Crippen LogP contribution in [0.5, 0.6) is 0 Å². The molecule has 0 bridgehead atoms. The number of fused-ring (bicyclic) bond motifs is 1. The molecule has 2 nitrogen and oxygen atoms in total. The van der Waals surface area contributed by atoms with E-state index in [0.717, 1.165) is 18.7 Å². The minimum absolute atomic E-state index is 0.585. The van der Waals surface area contributed by atoms with Crippen molar-refractivity contribution in [2.75, 3.05) is 0 Å². The van der Waals surface area contributed by atoms with Gasteiger partial charge in [-0.05, 0) is 42.5 Å². The van der Waals surface area contributed by atoms with Crippen molar-refractivity contribution in [3.05, 3.63) is 65.5 Å². The van der Waals surface area contributed by atoms with Gasteiger partial charge in [-0.15, -0.1) is 0 Å². The van der Waals surface area contributed by atoms with Crippen LogP contribution in [-0.4, -0.2) is 11.0 Å². The van der Waals surface area contributed by atoms with Crippen LogP contribution in [0.2, 0.25) is 0 Å². The van der Waals surface area contributed by atoms with Gasteiger partial charge >= 0.3 is 0 Å². The van der Waals surface area contributed by atoms with Crippen molar-refractivity contribution < 1.29 is 0 Å². The van der Waals surface area contributed by atoms with Gasteiger partial charge in [0.25, 0.3) is 0 Å². The van der Waals surface area contributed by atoms with Crippen molar-refractivity contribution in [2.24, 2.45) is 0 Å². The Kier molecular flexibility index (Phi) is 3.37. The molecule has 0 fully saturated rings. The molecule has 1 heterocycles. The molecule has 0 radical (unpaired) electrons. The topological polar surface area (TPSA) is 24.9 Å². The van der Waals surface area contributed by atoms with E-state index in [-0.39, 0.29) is 0 Å². The molecule has 92 valence electrons. The fourth-order valence-electron chi connectivity index (χ4n) is 2.62. The molecule has 2 heteroatoms. The molecule has 2 aromatic rings. The maximum atomic E-state index is 4.34. The van der Waals surface area contributed by atoms with Gasteiger partial charge in [0.05, 0.1) is 5.69 Å². The van der Waals surface area contributed by atoms with E-state index in [2.05, 4.69) is 40.6 Å². The van der Waals surface area contributed by atoms with Crippen LogP contribution in [0.15, 0.2) is 48.7 Å². The Bertz CT molecular complexity index is 508. The lowest BCUT2D eigenvalue weighted by atomic mass is 9.88. The molecule has 1 aliphatic carbocycles. The van der Waals surface area contributed by atoms with Crippen LogP contribution < -0.4 is 5.32 Å². The number of benzene rings is 1. The minimum atomic E-state index is 0.585. The van der Waals surface area contributed by atoms with Gasteiger partial charge in [-0.2, -0.15) is 0 Å². The quantitative estimate of drug-likeness (QED) is 0.889. The lowest BCUT2D eigenvalue weighted by Crippen LogP contribution is -2.34. The first-order chi connectivity index (χ1) is 8.92. The van der Waals surface area contributed by atoms with Crippen LogP contribution in [-0.2, 0) is 19.4 Å². The van der Waals surface area contributed by atoms with Crippen molar-refractivity contribution in [3.63, 3.8) is 0 Å². The molecule has 0 aliphatic heterocycles. The van der Waals surface area contributed by atoms with Crippen molar-refractivity contribution in [3.8, 4) is 0 Å². The molecule has 1 N–H and O–H groups in total. The summed E-state index contributed by atoms with van der Waals surface area (Å²) in [4.78, 5) is 4.34. The molecule has 1 aromatic heterocycles. The zero-order valence-electron chi connectivity index (χ0n) is 10.5. The van der Waals surface area contributed by atoms with Crippen LogP contribution in [0.1, 0.15) is 23.2 Å². The Labute approximate surface area is 108 Å². The molecule has 0 saturated carbocycles. The number of aryl methyl sites for hydroxylation is 1. The van der Waals surface area contributed by atoms with E-state index < -0.39 is 0 Å². The molecule has 1 atom stereocenters. The summed E-state index contributed by atoms with van der Waals surface area (Å²) in [5.74, 6) is 0. The maximum absolute atomic E-state index is 4.34. The van der Waals surface area contributed by atoms with E-state index in [4.69, 9.17) is 0 Å². The first kappa shape index (κ1) is 11.4. The largest absolute Gasteiger partial charge is 0.308 e. The van der Waals surface area contributed by atoms with Crippen molar-refractivity contribution >= 4 is 0 Å². The predicted molar refractivity (Wildman–Crippen MR) is 73.3 cm³/mol. The number of rotatable bonds is 3. The molecule has 3 rings (SSSR count). The first-order valence-corrected chi connectivity index (χ1v) is 6.62. The highest BCUT2D eigenvalue weighted by Gasteiger charge is 2.17. The summed E-state index contributed by atoms with van der Waals surface area (Å²) in [5, 5.41) is 3.62. The smallest absolute Gasteiger partial charge is 0.0541 e. The van der Waals surface area contributed by atoms with Crippen LogP contribution in [0.4, 0.5) is 0 Å². The monoisotopic (exact) mass is 238 g/mol. The molecule has 0 saturated heterocycles. The molecule has 1 aromatic carbocycles. The zero-order chi connectivity index (χ0) is 12.2. The Balaban J connectivity index is 1.60. The summed E-state index contributed by atoms with van der Waals surface area (Å²) in [6, 6.07) is 15.4. The number of nitrogens with one attached hydrogen (secondary N) is 1. The SMILES string of the molecule is c1ccc(CNC2CCc3ccccc3C2)nc1. The van der Waals surface area contributed by atoms with Gasteiger partial charge in [0.1, 0.15) is 0 Å². The van der Waals surface area contributed by atoms with Gasteiger partial charge in [-0.25, -0.2) is 0 Å². The van der Waals surface area contributed by atoms with E-state index in [1.54, 1.807) is 0 Å². The van der Waals surface area contributed by atoms with Crippen LogP contribution in [0.3, 0.4) is 0 Å². The Morgan fingerprint density at radius 2 is 1.89 bits per heavy atom. The van der Waals surface area contributed by atoms with E-state index in [0.29, 0.717) is 6.04 Å². The average Bonchev–Trinajstić information content (AvgIpc) is 2.46. The third-order valence-electron chi connectivity index (χ3n) is 3.64. The summed E-state index contributed by atoms with van der Waals surface area (Å²) >= 11 is 0. The molecule has 0 spiro atoms. The second-order valence-corrected chi connectivity index (χ2v) is 4.91. The van der Waals surface area contributed by atoms with Gasteiger partial charge in [0.2, 0.25) is 0 Å². The first-order valence-electron chi connectivity index (χ1n) is 6.62. The third-order valence-corrected chi connectivity index (χ3v) is 3.64. The van der Waals surface area contributed by atoms with Crippen molar-refractivity contribution in [2.45, 2.75) is 31.8 Å². The number of aromatic nitrogens is 1. The van der Waals surface area contributed by atoms with Crippen LogP contribution in [0, 0.1) is 0 Å². The van der Waals surface area contributed by atoms with Crippen molar-refractivity contribution in [1.29, 1.82) is 0 Å². The standard InChI is InChI=1S/C16H18N2/c1-2-6-14-11-15(9-8-13(14)5-1)18-12-16-7-3-4-10-17-16/h1-7,10,15,18H,8-9,11-12H2. The molecule has 0 amide bonds. The number of nitrogens with zero attached hydrogens (tertiary/aromatic N) is 1. The summed E-state index contributed by atoms with van der Waals surface area (Å²) in [7, 11) is 0. The Morgan fingerprint density at radius 1 is 1.06 bits per heavy atom. The van der Waals surface area contributed by atoms with Crippen LogP contribution >= 0.6 is 0 Å².